The normalized spacial score (nSPS) is 16.7. The molecule has 9 nitrogen and oxygen atoms in total. The summed E-state index contributed by atoms with van der Waals surface area (Å²) in [5, 5.41) is 5.29. The number of piperidine rings is 1. The Kier molecular flexibility index (Phi) is 5.98. The predicted octanol–water partition coefficient (Wildman–Crippen LogP) is 2.41. The Morgan fingerprint density at radius 3 is 2.41 bits per heavy atom. The van der Waals surface area contributed by atoms with Crippen molar-refractivity contribution in [2.24, 2.45) is 0 Å². The average Bonchev–Trinajstić information content (AvgIpc) is 3.02. The summed E-state index contributed by atoms with van der Waals surface area (Å²) in [6, 6.07) is 10.6. The van der Waals surface area contributed by atoms with Gasteiger partial charge in [-0.25, -0.2) is 13.2 Å². The molecular formula is C22H24N4O5S. The van der Waals surface area contributed by atoms with E-state index in [-0.39, 0.29) is 22.9 Å². The number of hydrogen-bond donors (Lipinski definition) is 2. The van der Waals surface area contributed by atoms with Gasteiger partial charge in [0.15, 0.2) is 0 Å². The van der Waals surface area contributed by atoms with E-state index in [1.807, 2.05) is 0 Å². The summed E-state index contributed by atoms with van der Waals surface area (Å²) in [4.78, 5) is 37.7. The molecule has 2 aromatic rings. The molecule has 32 heavy (non-hydrogen) atoms. The number of hydrogen-bond acceptors (Lipinski definition) is 5. The van der Waals surface area contributed by atoms with Crippen LogP contribution in [0.15, 0.2) is 47.4 Å². The molecule has 168 valence electrons. The Bertz CT molecular complexity index is 1190. The molecule has 0 spiro atoms. The van der Waals surface area contributed by atoms with Gasteiger partial charge in [0.1, 0.15) is 0 Å². The highest BCUT2D eigenvalue weighted by molar-refractivity contribution is 7.89. The summed E-state index contributed by atoms with van der Waals surface area (Å²) in [5.74, 6) is -0.807. The van der Waals surface area contributed by atoms with E-state index in [1.54, 1.807) is 24.3 Å². The van der Waals surface area contributed by atoms with E-state index in [4.69, 9.17) is 0 Å². The highest BCUT2D eigenvalue weighted by Crippen LogP contribution is 2.25. The van der Waals surface area contributed by atoms with Crippen LogP contribution >= 0.6 is 0 Å². The molecular weight excluding hydrogens is 432 g/mol. The molecule has 0 bridgehead atoms. The molecule has 2 aliphatic rings. The van der Waals surface area contributed by atoms with Crippen LogP contribution in [0.1, 0.15) is 45.5 Å². The van der Waals surface area contributed by atoms with Crippen molar-refractivity contribution in [1.82, 2.24) is 14.5 Å². The number of fused-ring (bicyclic) bond motifs is 1. The Labute approximate surface area is 186 Å². The van der Waals surface area contributed by atoms with E-state index in [2.05, 4.69) is 10.6 Å². The van der Waals surface area contributed by atoms with Gasteiger partial charge < -0.3 is 10.6 Å². The van der Waals surface area contributed by atoms with E-state index in [0.29, 0.717) is 29.9 Å². The quantitative estimate of drug-likeness (QED) is 0.671. The lowest BCUT2D eigenvalue weighted by Gasteiger charge is -2.26. The third-order valence-corrected chi connectivity index (χ3v) is 7.69. The van der Waals surface area contributed by atoms with Gasteiger partial charge in [-0.1, -0.05) is 24.6 Å². The molecule has 10 heteroatoms. The van der Waals surface area contributed by atoms with Gasteiger partial charge in [-0.2, -0.15) is 4.31 Å². The number of carbonyl (C=O) groups is 3. The number of imide groups is 1. The second kappa shape index (κ2) is 8.71. The topological polar surface area (TPSA) is 116 Å². The smallest absolute Gasteiger partial charge is 0.319 e. The first-order valence-corrected chi connectivity index (χ1v) is 11.8. The maximum atomic E-state index is 13.1. The maximum absolute atomic E-state index is 13.1. The van der Waals surface area contributed by atoms with Crippen molar-refractivity contribution in [3.63, 3.8) is 0 Å². The monoisotopic (exact) mass is 456 g/mol. The number of nitrogens with one attached hydrogen (secondary N) is 2. The van der Waals surface area contributed by atoms with Crippen molar-refractivity contribution in [3.05, 3.63) is 59.2 Å². The van der Waals surface area contributed by atoms with Gasteiger partial charge in [-0.05, 0) is 42.7 Å². The standard InChI is InChI=1S/C22H24N4O5S/c1-25-20(27)17-10-9-16(13-18(17)21(25)28)24-22(29)23-14-15-7-3-4-8-19(15)32(30,31)26-11-5-2-6-12-26/h3-4,7-10,13H,2,5-6,11-12,14H2,1H3,(H2,23,24,29). The maximum Gasteiger partial charge on any atom is 0.319 e. The third kappa shape index (κ3) is 4.11. The van der Waals surface area contributed by atoms with Crippen LogP contribution in [-0.4, -0.2) is 55.6 Å². The fourth-order valence-corrected chi connectivity index (χ4v) is 5.67. The minimum Gasteiger partial charge on any atom is -0.334 e. The summed E-state index contributed by atoms with van der Waals surface area (Å²) in [5.41, 5.74) is 1.37. The van der Waals surface area contributed by atoms with Crippen LogP contribution in [-0.2, 0) is 16.6 Å². The average molecular weight is 457 g/mol. The molecule has 0 saturated carbocycles. The summed E-state index contributed by atoms with van der Waals surface area (Å²) >= 11 is 0. The molecule has 4 rings (SSSR count). The van der Waals surface area contributed by atoms with Crippen LogP contribution in [0.25, 0.3) is 0 Å². The fraction of sp³-hybridized carbons (Fsp3) is 0.318. The molecule has 2 aliphatic heterocycles. The molecule has 0 radical (unpaired) electrons. The molecule has 1 fully saturated rings. The number of benzene rings is 2. The SMILES string of the molecule is CN1C(=O)c2ccc(NC(=O)NCc3ccccc3S(=O)(=O)N3CCCCC3)cc2C1=O. The summed E-state index contributed by atoms with van der Waals surface area (Å²) in [6.45, 7) is 1.01. The summed E-state index contributed by atoms with van der Waals surface area (Å²) in [6.07, 6.45) is 2.70. The molecule has 0 atom stereocenters. The second-order valence-corrected chi connectivity index (χ2v) is 9.72. The minimum atomic E-state index is -3.64. The second-order valence-electron chi connectivity index (χ2n) is 7.81. The van der Waals surface area contributed by atoms with E-state index < -0.39 is 22.0 Å². The highest BCUT2D eigenvalue weighted by atomic mass is 32.2. The first kappa shape index (κ1) is 22.0. The van der Waals surface area contributed by atoms with E-state index >= 15 is 0 Å². The van der Waals surface area contributed by atoms with Crippen LogP contribution in [0.2, 0.25) is 0 Å². The largest absolute Gasteiger partial charge is 0.334 e. The lowest BCUT2D eigenvalue weighted by atomic mass is 10.1. The Morgan fingerprint density at radius 2 is 1.66 bits per heavy atom. The molecule has 0 aromatic heterocycles. The van der Waals surface area contributed by atoms with Gasteiger partial charge in [0.2, 0.25) is 10.0 Å². The van der Waals surface area contributed by atoms with Crippen molar-refractivity contribution in [2.75, 3.05) is 25.5 Å². The van der Waals surface area contributed by atoms with Gasteiger partial charge in [-0.15, -0.1) is 0 Å². The van der Waals surface area contributed by atoms with Crippen molar-refractivity contribution in [1.29, 1.82) is 0 Å². The molecule has 2 aromatic carbocycles. The van der Waals surface area contributed by atoms with Gasteiger partial charge in [-0.3, -0.25) is 14.5 Å². The molecule has 0 unspecified atom stereocenters. The van der Waals surface area contributed by atoms with Gasteiger partial charge in [0, 0.05) is 32.4 Å². The van der Waals surface area contributed by atoms with Crippen LogP contribution in [0, 0.1) is 0 Å². The van der Waals surface area contributed by atoms with Crippen molar-refractivity contribution in [2.45, 2.75) is 30.7 Å². The number of nitrogens with zero attached hydrogens (tertiary/aromatic N) is 2. The number of anilines is 1. The van der Waals surface area contributed by atoms with Crippen LogP contribution in [0.5, 0.6) is 0 Å². The fourth-order valence-electron chi connectivity index (χ4n) is 3.94. The summed E-state index contributed by atoms with van der Waals surface area (Å²) in [7, 11) is -2.23. The zero-order chi connectivity index (χ0) is 22.9. The molecule has 2 N–H and O–H groups in total. The lowest BCUT2D eigenvalue weighted by Crippen LogP contribution is -2.36. The van der Waals surface area contributed by atoms with Crippen LogP contribution < -0.4 is 10.6 Å². The number of urea groups is 1. The van der Waals surface area contributed by atoms with Crippen molar-refractivity contribution in [3.8, 4) is 0 Å². The lowest BCUT2D eigenvalue weighted by molar-refractivity contribution is 0.0693. The Hall–Kier alpha value is -3.24. The van der Waals surface area contributed by atoms with Crippen molar-refractivity contribution >= 4 is 33.6 Å². The zero-order valence-corrected chi connectivity index (χ0v) is 18.4. The predicted molar refractivity (Wildman–Crippen MR) is 118 cm³/mol. The molecule has 1 saturated heterocycles. The van der Waals surface area contributed by atoms with Gasteiger partial charge in [0.25, 0.3) is 11.8 Å². The number of sulfonamides is 1. The van der Waals surface area contributed by atoms with Crippen LogP contribution in [0.3, 0.4) is 0 Å². The van der Waals surface area contributed by atoms with Gasteiger partial charge >= 0.3 is 6.03 Å². The molecule has 2 heterocycles. The Balaban J connectivity index is 1.45. The first-order chi connectivity index (χ1) is 15.3. The van der Waals surface area contributed by atoms with E-state index in [9.17, 15) is 22.8 Å². The Morgan fingerprint density at radius 1 is 0.969 bits per heavy atom. The van der Waals surface area contributed by atoms with Crippen LogP contribution in [0.4, 0.5) is 10.5 Å². The number of rotatable bonds is 5. The first-order valence-electron chi connectivity index (χ1n) is 10.4. The van der Waals surface area contributed by atoms with E-state index in [1.165, 1.54) is 29.6 Å². The zero-order valence-electron chi connectivity index (χ0n) is 17.6. The summed E-state index contributed by atoms with van der Waals surface area (Å²) < 4.78 is 27.6. The van der Waals surface area contributed by atoms with Crippen molar-refractivity contribution < 1.29 is 22.8 Å². The third-order valence-electron chi connectivity index (χ3n) is 5.69. The minimum absolute atomic E-state index is 0.0141. The molecule has 0 aliphatic carbocycles. The highest BCUT2D eigenvalue weighted by Gasteiger charge is 2.33. The van der Waals surface area contributed by atoms with Gasteiger partial charge in [0.05, 0.1) is 16.0 Å². The van der Waals surface area contributed by atoms with E-state index in [0.717, 1.165) is 24.2 Å². The number of amides is 4. The molecule has 4 amide bonds. The number of carbonyl (C=O) groups excluding carboxylic acids is 3.